The summed E-state index contributed by atoms with van der Waals surface area (Å²) in [6.07, 6.45) is 9.50. The van der Waals surface area contributed by atoms with Crippen LogP contribution in [0, 0.1) is 10.8 Å². The Hall–Kier alpha value is -2.72. The molecule has 0 spiro atoms. The number of hydrogen-bond acceptors (Lipinski definition) is 4. The van der Waals surface area contributed by atoms with Gasteiger partial charge < -0.3 is 0 Å². The second-order valence-electron chi connectivity index (χ2n) is 5.48. The zero-order valence-corrected chi connectivity index (χ0v) is 18.1. The molecule has 0 aliphatic carbocycles. The average molecular weight is 408 g/mol. The van der Waals surface area contributed by atoms with Gasteiger partial charge in [-0.05, 0) is 37.8 Å². The van der Waals surface area contributed by atoms with Gasteiger partial charge in [-0.1, -0.05) is 75.9 Å². The molecule has 1 heterocycles. The molecular formula is C25H33N3S. The summed E-state index contributed by atoms with van der Waals surface area (Å²) in [5.74, 6) is 0. The Balaban J connectivity index is 0.00000253. The first-order valence-electron chi connectivity index (χ1n) is 9.36. The van der Waals surface area contributed by atoms with E-state index in [9.17, 15) is 0 Å². The van der Waals surface area contributed by atoms with E-state index in [0.29, 0.717) is 22.0 Å². The molecule has 0 aliphatic heterocycles. The van der Waals surface area contributed by atoms with E-state index in [4.69, 9.17) is 10.8 Å². The number of pyridine rings is 1. The van der Waals surface area contributed by atoms with Crippen molar-refractivity contribution in [3.63, 3.8) is 0 Å². The minimum Gasteiger partial charge on any atom is -0.300 e. The molecule has 0 saturated carbocycles. The smallest absolute Gasteiger partial charge is 0.0968 e. The van der Waals surface area contributed by atoms with Gasteiger partial charge >= 0.3 is 0 Å². The first kappa shape index (κ1) is 26.3. The van der Waals surface area contributed by atoms with Gasteiger partial charge in [0.2, 0.25) is 0 Å². The van der Waals surface area contributed by atoms with Crippen molar-refractivity contribution in [2.75, 3.05) is 6.26 Å². The Labute approximate surface area is 180 Å². The van der Waals surface area contributed by atoms with E-state index in [1.165, 1.54) is 11.8 Å². The van der Waals surface area contributed by atoms with Crippen LogP contribution in [0.15, 0.2) is 84.1 Å². The van der Waals surface area contributed by atoms with Crippen LogP contribution in [0.3, 0.4) is 0 Å². The van der Waals surface area contributed by atoms with Crippen LogP contribution in [0.4, 0.5) is 0 Å². The third kappa shape index (κ3) is 6.99. The molecule has 0 bridgehead atoms. The fourth-order valence-corrected chi connectivity index (χ4v) is 3.05. The van der Waals surface area contributed by atoms with Gasteiger partial charge in [0, 0.05) is 22.9 Å². The Bertz CT molecular complexity index is 863. The molecule has 154 valence electrons. The van der Waals surface area contributed by atoms with Crippen LogP contribution in [0.5, 0.6) is 0 Å². The minimum atomic E-state index is 0. The molecule has 0 aliphatic rings. The molecule has 0 atom stereocenters. The second kappa shape index (κ2) is 14.3. The third-order valence-electron chi connectivity index (χ3n) is 3.86. The monoisotopic (exact) mass is 407 g/mol. The lowest BCUT2D eigenvalue weighted by Gasteiger charge is -2.18. The maximum absolute atomic E-state index is 8.88. The molecule has 2 aromatic rings. The largest absolute Gasteiger partial charge is 0.300 e. The van der Waals surface area contributed by atoms with Crippen LogP contribution in [-0.4, -0.2) is 22.0 Å². The van der Waals surface area contributed by atoms with Gasteiger partial charge in [-0.2, -0.15) is 0 Å². The van der Waals surface area contributed by atoms with E-state index < -0.39 is 0 Å². The molecule has 2 N–H and O–H groups in total. The molecule has 2 rings (SSSR count). The first-order valence-corrected chi connectivity index (χ1v) is 10.6. The summed E-state index contributed by atoms with van der Waals surface area (Å²) in [5.41, 5.74) is 4.20. The molecule has 1 aromatic heterocycles. The standard InChI is InChI=1S/C22H23N3S.C2H6.CH4/c1-4-11-16(5-2)19(21(23)17-12-7-6-8-13-17)20(22(24)26-3)18-14-9-10-15-25-18;1-2;/h4-15,23-24H,1-3H3;1-2H3;1H4/b11-4-,16-5+,20-19-,23-21?,24-22?;;. The van der Waals surface area contributed by atoms with Gasteiger partial charge in [-0.15, -0.1) is 11.8 Å². The first-order chi connectivity index (χ1) is 13.6. The Morgan fingerprint density at radius 3 is 2.07 bits per heavy atom. The van der Waals surface area contributed by atoms with Gasteiger partial charge in [0.25, 0.3) is 0 Å². The van der Waals surface area contributed by atoms with Gasteiger partial charge in [0.15, 0.2) is 0 Å². The fraction of sp³-hybridized carbons (Fsp3) is 0.240. The topological polar surface area (TPSA) is 60.6 Å². The van der Waals surface area contributed by atoms with Crippen LogP contribution < -0.4 is 0 Å². The van der Waals surface area contributed by atoms with Crippen LogP contribution in [0.25, 0.3) is 5.57 Å². The summed E-state index contributed by atoms with van der Waals surface area (Å²) in [5, 5.41) is 17.8. The van der Waals surface area contributed by atoms with E-state index in [1.807, 2.05) is 101 Å². The summed E-state index contributed by atoms with van der Waals surface area (Å²) < 4.78 is 0. The van der Waals surface area contributed by atoms with Gasteiger partial charge in [-0.25, -0.2) is 0 Å². The molecule has 3 nitrogen and oxygen atoms in total. The van der Waals surface area contributed by atoms with Crippen molar-refractivity contribution in [2.45, 2.75) is 35.1 Å². The highest BCUT2D eigenvalue weighted by atomic mass is 32.2. The molecular weight excluding hydrogens is 374 g/mol. The molecule has 1 aromatic carbocycles. The van der Waals surface area contributed by atoms with Gasteiger partial charge in [0.1, 0.15) is 0 Å². The van der Waals surface area contributed by atoms with E-state index >= 15 is 0 Å². The second-order valence-corrected chi connectivity index (χ2v) is 6.30. The van der Waals surface area contributed by atoms with Gasteiger partial charge in [-0.3, -0.25) is 15.8 Å². The summed E-state index contributed by atoms with van der Waals surface area (Å²) >= 11 is 1.35. The number of aromatic nitrogens is 1. The van der Waals surface area contributed by atoms with Crippen LogP contribution in [-0.2, 0) is 0 Å². The van der Waals surface area contributed by atoms with E-state index in [0.717, 1.165) is 16.7 Å². The zero-order chi connectivity index (χ0) is 20.9. The highest BCUT2D eigenvalue weighted by Gasteiger charge is 2.21. The predicted molar refractivity (Wildman–Crippen MR) is 132 cm³/mol. The summed E-state index contributed by atoms with van der Waals surface area (Å²) in [6.45, 7) is 7.90. The number of hydrogen-bond donors (Lipinski definition) is 2. The summed E-state index contributed by atoms with van der Waals surface area (Å²) in [7, 11) is 0. The number of nitrogens with zero attached hydrogens (tertiary/aromatic N) is 1. The van der Waals surface area contributed by atoms with Crippen molar-refractivity contribution in [1.29, 1.82) is 10.8 Å². The maximum Gasteiger partial charge on any atom is 0.0968 e. The van der Waals surface area contributed by atoms with E-state index in [-0.39, 0.29) is 7.43 Å². The third-order valence-corrected chi connectivity index (χ3v) is 4.47. The molecule has 29 heavy (non-hydrogen) atoms. The van der Waals surface area contributed by atoms with Crippen molar-refractivity contribution >= 4 is 28.1 Å². The lowest BCUT2D eigenvalue weighted by Crippen LogP contribution is -2.12. The van der Waals surface area contributed by atoms with E-state index in [1.54, 1.807) is 6.20 Å². The normalized spacial score (nSPS) is 11.7. The lowest BCUT2D eigenvalue weighted by atomic mass is 9.89. The lowest BCUT2D eigenvalue weighted by molar-refractivity contribution is 1.28. The Kier molecular flexibility index (Phi) is 13.0. The predicted octanol–water partition coefficient (Wildman–Crippen LogP) is 7.43. The fourth-order valence-electron chi connectivity index (χ4n) is 2.64. The highest BCUT2D eigenvalue weighted by molar-refractivity contribution is 8.14. The van der Waals surface area contributed by atoms with Gasteiger partial charge in [0.05, 0.1) is 16.4 Å². The summed E-state index contributed by atoms with van der Waals surface area (Å²) in [4.78, 5) is 4.46. The quantitative estimate of drug-likeness (QED) is 0.297. The van der Waals surface area contributed by atoms with Crippen molar-refractivity contribution in [1.82, 2.24) is 4.98 Å². The van der Waals surface area contributed by atoms with Crippen LogP contribution in [0.1, 0.15) is 46.4 Å². The maximum atomic E-state index is 8.88. The zero-order valence-electron chi connectivity index (χ0n) is 17.3. The number of nitrogens with one attached hydrogen (secondary N) is 2. The molecule has 0 radical (unpaired) electrons. The number of rotatable bonds is 6. The Morgan fingerprint density at radius 2 is 1.59 bits per heavy atom. The van der Waals surface area contributed by atoms with Crippen molar-refractivity contribution in [3.8, 4) is 0 Å². The molecule has 0 saturated heterocycles. The van der Waals surface area contributed by atoms with Crippen molar-refractivity contribution in [2.24, 2.45) is 0 Å². The van der Waals surface area contributed by atoms with Crippen molar-refractivity contribution < 1.29 is 0 Å². The number of thioether (sulfide) groups is 1. The van der Waals surface area contributed by atoms with Crippen LogP contribution in [0.2, 0.25) is 0 Å². The van der Waals surface area contributed by atoms with Crippen LogP contribution >= 0.6 is 11.8 Å². The average Bonchev–Trinajstić information content (AvgIpc) is 2.77. The summed E-state index contributed by atoms with van der Waals surface area (Å²) in [6, 6.07) is 15.3. The van der Waals surface area contributed by atoms with Crippen molar-refractivity contribution in [3.05, 3.63) is 95.4 Å². The van der Waals surface area contributed by atoms with E-state index in [2.05, 4.69) is 4.98 Å². The SMILES string of the molecule is C.CC.C\C=C/C(=C\C)C(/C(=N)c1ccccc1)=C(/C(=N)SC)c1ccccn1. The molecule has 0 amide bonds. The molecule has 0 fully saturated rings. The molecule has 4 heteroatoms. The number of benzene rings is 1. The highest BCUT2D eigenvalue weighted by Crippen LogP contribution is 2.30. The number of allylic oxidation sites excluding steroid dienone is 5. The molecule has 0 unspecified atom stereocenters. The Morgan fingerprint density at radius 1 is 0.966 bits per heavy atom. The minimum absolute atomic E-state index is 0.